The van der Waals surface area contributed by atoms with E-state index in [-0.39, 0.29) is 0 Å². The monoisotopic (exact) mass is 197 g/mol. The number of hydrogen-bond acceptors (Lipinski definition) is 3. The molecular formula is C11H19NO2. The number of ether oxygens (including phenoxy) is 1. The third kappa shape index (κ3) is 5.04. The van der Waals surface area contributed by atoms with Crippen molar-refractivity contribution in [3.8, 4) is 0 Å². The highest BCUT2D eigenvalue weighted by molar-refractivity contribution is 4.97. The van der Waals surface area contributed by atoms with Crippen LogP contribution in [0, 0.1) is 0 Å². The van der Waals surface area contributed by atoms with E-state index < -0.39 is 0 Å². The van der Waals surface area contributed by atoms with Crippen LogP contribution in [0.25, 0.3) is 0 Å². The normalized spacial score (nSPS) is 10.6. The van der Waals surface area contributed by atoms with Crippen molar-refractivity contribution >= 4 is 0 Å². The first-order chi connectivity index (χ1) is 6.93. The van der Waals surface area contributed by atoms with E-state index >= 15 is 0 Å². The molecule has 1 rings (SSSR count). The summed E-state index contributed by atoms with van der Waals surface area (Å²) in [5.74, 6) is 0.986. The highest BCUT2D eigenvalue weighted by Crippen LogP contribution is 1.98. The molecule has 3 nitrogen and oxygen atoms in total. The molecule has 0 amide bonds. The zero-order chi connectivity index (χ0) is 10.1. The molecule has 0 spiro atoms. The molecule has 0 aromatic carbocycles. The topological polar surface area (TPSA) is 34.4 Å². The van der Waals surface area contributed by atoms with Gasteiger partial charge in [0.15, 0.2) is 0 Å². The third-order valence-electron chi connectivity index (χ3n) is 1.87. The quantitative estimate of drug-likeness (QED) is 0.649. The third-order valence-corrected chi connectivity index (χ3v) is 1.87. The molecule has 0 saturated heterocycles. The van der Waals surface area contributed by atoms with Crippen molar-refractivity contribution in [2.45, 2.75) is 26.3 Å². The lowest BCUT2D eigenvalue weighted by Crippen LogP contribution is -2.16. The second kappa shape index (κ2) is 7.59. The van der Waals surface area contributed by atoms with Gasteiger partial charge in [0.05, 0.1) is 12.8 Å². The Bertz CT molecular complexity index is 209. The highest BCUT2D eigenvalue weighted by Gasteiger charge is 1.93. The lowest BCUT2D eigenvalue weighted by molar-refractivity contribution is 0.132. The maximum atomic E-state index is 5.36. The number of nitrogens with one attached hydrogen (secondary N) is 1. The van der Waals surface area contributed by atoms with Crippen LogP contribution in [0.3, 0.4) is 0 Å². The van der Waals surface area contributed by atoms with E-state index in [2.05, 4.69) is 12.2 Å². The SMILES string of the molecule is CCCOCCCNCc1ccco1. The molecule has 0 unspecified atom stereocenters. The van der Waals surface area contributed by atoms with Crippen molar-refractivity contribution < 1.29 is 9.15 Å². The Kier molecular flexibility index (Phi) is 6.11. The second-order valence-electron chi connectivity index (χ2n) is 3.22. The predicted octanol–water partition coefficient (Wildman–Crippen LogP) is 2.19. The van der Waals surface area contributed by atoms with Crippen molar-refractivity contribution in [1.29, 1.82) is 0 Å². The summed E-state index contributed by atoms with van der Waals surface area (Å²) in [4.78, 5) is 0. The van der Waals surface area contributed by atoms with E-state index in [4.69, 9.17) is 9.15 Å². The standard InChI is InChI=1S/C11H19NO2/c1-2-7-13-8-4-6-12-10-11-5-3-9-14-11/h3,5,9,12H,2,4,6-8,10H2,1H3. The van der Waals surface area contributed by atoms with Gasteiger partial charge in [-0.3, -0.25) is 0 Å². The predicted molar refractivity (Wildman–Crippen MR) is 56.1 cm³/mol. The number of furan rings is 1. The van der Waals surface area contributed by atoms with Gasteiger partial charge < -0.3 is 14.5 Å². The fourth-order valence-electron chi connectivity index (χ4n) is 1.17. The van der Waals surface area contributed by atoms with Crippen molar-refractivity contribution in [3.05, 3.63) is 24.2 Å². The minimum atomic E-state index is 0.806. The van der Waals surface area contributed by atoms with Gasteiger partial charge in [0.25, 0.3) is 0 Å². The van der Waals surface area contributed by atoms with Crippen LogP contribution < -0.4 is 5.32 Å². The molecule has 14 heavy (non-hydrogen) atoms. The van der Waals surface area contributed by atoms with Crippen molar-refractivity contribution in [2.24, 2.45) is 0 Å². The lowest BCUT2D eigenvalue weighted by atomic mass is 10.4. The fraction of sp³-hybridized carbons (Fsp3) is 0.636. The van der Waals surface area contributed by atoms with Gasteiger partial charge in [-0.05, 0) is 31.5 Å². The van der Waals surface area contributed by atoms with E-state index in [9.17, 15) is 0 Å². The summed E-state index contributed by atoms with van der Waals surface area (Å²) in [5.41, 5.74) is 0. The Morgan fingerprint density at radius 3 is 3.07 bits per heavy atom. The summed E-state index contributed by atoms with van der Waals surface area (Å²) < 4.78 is 10.5. The van der Waals surface area contributed by atoms with Crippen LogP contribution in [-0.4, -0.2) is 19.8 Å². The van der Waals surface area contributed by atoms with Gasteiger partial charge in [0, 0.05) is 13.2 Å². The van der Waals surface area contributed by atoms with Crippen LogP contribution in [0.1, 0.15) is 25.5 Å². The maximum Gasteiger partial charge on any atom is 0.117 e. The van der Waals surface area contributed by atoms with Crippen molar-refractivity contribution in [2.75, 3.05) is 19.8 Å². The molecule has 0 bridgehead atoms. The van der Waals surface area contributed by atoms with Crippen LogP contribution in [0.5, 0.6) is 0 Å². The summed E-state index contributed by atoms with van der Waals surface area (Å²) in [6.45, 7) is 5.62. The molecule has 1 N–H and O–H groups in total. The molecule has 1 heterocycles. The van der Waals surface area contributed by atoms with Crippen molar-refractivity contribution in [3.63, 3.8) is 0 Å². The Hall–Kier alpha value is -0.800. The summed E-state index contributed by atoms with van der Waals surface area (Å²) in [6.07, 6.45) is 3.85. The number of rotatable bonds is 8. The first-order valence-electron chi connectivity index (χ1n) is 5.24. The molecule has 0 fully saturated rings. The van der Waals surface area contributed by atoms with Crippen LogP contribution in [-0.2, 0) is 11.3 Å². The summed E-state index contributed by atoms with van der Waals surface area (Å²) >= 11 is 0. The second-order valence-corrected chi connectivity index (χ2v) is 3.22. The largest absolute Gasteiger partial charge is 0.468 e. The smallest absolute Gasteiger partial charge is 0.117 e. The zero-order valence-corrected chi connectivity index (χ0v) is 8.79. The van der Waals surface area contributed by atoms with Gasteiger partial charge in [-0.25, -0.2) is 0 Å². The fourth-order valence-corrected chi connectivity index (χ4v) is 1.17. The first-order valence-corrected chi connectivity index (χ1v) is 5.24. The van der Waals surface area contributed by atoms with Gasteiger partial charge in [-0.15, -0.1) is 0 Å². The highest BCUT2D eigenvalue weighted by atomic mass is 16.5. The van der Waals surface area contributed by atoms with E-state index in [0.717, 1.165) is 44.9 Å². The van der Waals surface area contributed by atoms with Crippen LogP contribution >= 0.6 is 0 Å². The number of hydrogen-bond donors (Lipinski definition) is 1. The average molecular weight is 197 g/mol. The average Bonchev–Trinajstić information content (AvgIpc) is 2.69. The minimum Gasteiger partial charge on any atom is -0.468 e. The molecule has 0 aliphatic heterocycles. The van der Waals surface area contributed by atoms with Crippen molar-refractivity contribution in [1.82, 2.24) is 5.32 Å². The molecule has 0 aliphatic rings. The molecule has 1 aromatic rings. The van der Waals surface area contributed by atoms with Crippen LogP contribution in [0.2, 0.25) is 0 Å². The zero-order valence-electron chi connectivity index (χ0n) is 8.79. The van der Waals surface area contributed by atoms with Crippen LogP contribution in [0.4, 0.5) is 0 Å². The molecular weight excluding hydrogens is 178 g/mol. The Labute approximate surface area is 85.4 Å². The summed E-state index contributed by atoms with van der Waals surface area (Å²) in [5, 5.41) is 3.29. The Morgan fingerprint density at radius 2 is 2.36 bits per heavy atom. The minimum absolute atomic E-state index is 0.806. The van der Waals surface area contributed by atoms with Gasteiger partial charge in [0.1, 0.15) is 5.76 Å². The molecule has 0 radical (unpaired) electrons. The van der Waals surface area contributed by atoms with Gasteiger partial charge in [-0.2, -0.15) is 0 Å². The molecule has 0 saturated carbocycles. The molecule has 1 aromatic heterocycles. The molecule has 80 valence electrons. The van der Waals surface area contributed by atoms with Gasteiger partial charge in [0.2, 0.25) is 0 Å². The summed E-state index contributed by atoms with van der Waals surface area (Å²) in [6, 6.07) is 3.88. The van der Waals surface area contributed by atoms with Gasteiger partial charge in [-0.1, -0.05) is 6.92 Å². The van der Waals surface area contributed by atoms with E-state index in [1.165, 1.54) is 0 Å². The molecule has 3 heteroatoms. The van der Waals surface area contributed by atoms with Crippen LogP contribution in [0.15, 0.2) is 22.8 Å². The van der Waals surface area contributed by atoms with Gasteiger partial charge >= 0.3 is 0 Å². The van der Waals surface area contributed by atoms with E-state index in [0.29, 0.717) is 0 Å². The maximum absolute atomic E-state index is 5.36. The Balaban J connectivity index is 1.85. The molecule has 0 atom stereocenters. The lowest BCUT2D eigenvalue weighted by Gasteiger charge is -2.03. The van der Waals surface area contributed by atoms with E-state index in [1.807, 2.05) is 12.1 Å². The summed E-state index contributed by atoms with van der Waals surface area (Å²) in [7, 11) is 0. The molecule has 0 aliphatic carbocycles. The first kappa shape index (κ1) is 11.3. The van der Waals surface area contributed by atoms with E-state index in [1.54, 1.807) is 6.26 Å². The Morgan fingerprint density at radius 1 is 1.43 bits per heavy atom.